The van der Waals surface area contributed by atoms with E-state index < -0.39 is 12.1 Å². The molecule has 0 aliphatic carbocycles. The van der Waals surface area contributed by atoms with E-state index in [0.29, 0.717) is 6.42 Å². The molecule has 0 heterocycles. The first-order valence-corrected chi connectivity index (χ1v) is 18.1. The molecular weight excluding hydrogens is 534 g/mol. The monoisotopic (exact) mass is 604 g/mol. The zero-order valence-electron chi connectivity index (χ0n) is 28.5. The van der Waals surface area contributed by atoms with Gasteiger partial charge in [0.15, 0.2) is 0 Å². The maximum Gasteiger partial charge on any atom is 0.305 e. The van der Waals surface area contributed by atoms with Crippen molar-refractivity contribution in [2.75, 3.05) is 6.61 Å². The van der Waals surface area contributed by atoms with Crippen molar-refractivity contribution in [1.29, 1.82) is 0 Å². The molecule has 0 aliphatic heterocycles. The maximum atomic E-state index is 12.2. The van der Waals surface area contributed by atoms with E-state index in [9.17, 15) is 14.7 Å². The molecule has 0 spiro atoms. The number of aliphatic hydroxyl groups excluding tert-OH is 1. The SMILES string of the molecule is CCCCC/C=C\C/C=C\CCCCCCCC(=O)OC[C@H](NC(C)=O)[C@H](O)/C=C/CCCCCCCCCCCCC. The Balaban J connectivity index is 3.89. The van der Waals surface area contributed by atoms with Gasteiger partial charge in [-0.1, -0.05) is 147 Å². The average Bonchev–Trinajstić information content (AvgIpc) is 2.99. The Morgan fingerprint density at radius 2 is 1.07 bits per heavy atom. The third-order valence-corrected chi connectivity index (χ3v) is 7.86. The highest BCUT2D eigenvalue weighted by Crippen LogP contribution is 2.13. The van der Waals surface area contributed by atoms with Crippen LogP contribution >= 0.6 is 0 Å². The Bertz CT molecular complexity index is 715. The summed E-state index contributed by atoms with van der Waals surface area (Å²) >= 11 is 0. The van der Waals surface area contributed by atoms with E-state index in [4.69, 9.17) is 4.74 Å². The maximum absolute atomic E-state index is 12.2. The summed E-state index contributed by atoms with van der Waals surface area (Å²) < 4.78 is 5.40. The van der Waals surface area contributed by atoms with E-state index in [1.165, 1.54) is 110 Å². The predicted octanol–water partition coefficient (Wildman–Crippen LogP) is 10.5. The molecule has 0 bridgehead atoms. The molecule has 0 aromatic carbocycles. The highest BCUT2D eigenvalue weighted by Gasteiger charge is 2.20. The van der Waals surface area contributed by atoms with Crippen molar-refractivity contribution in [1.82, 2.24) is 5.32 Å². The van der Waals surface area contributed by atoms with Crippen LogP contribution in [0.3, 0.4) is 0 Å². The van der Waals surface area contributed by atoms with Crippen molar-refractivity contribution in [3.05, 3.63) is 36.5 Å². The van der Waals surface area contributed by atoms with Crippen LogP contribution in [-0.4, -0.2) is 35.7 Å². The second-order valence-electron chi connectivity index (χ2n) is 12.2. The molecule has 5 nitrogen and oxygen atoms in total. The lowest BCUT2D eigenvalue weighted by molar-refractivity contribution is -0.145. The van der Waals surface area contributed by atoms with E-state index in [1.54, 1.807) is 6.08 Å². The van der Waals surface area contributed by atoms with Gasteiger partial charge < -0.3 is 15.2 Å². The third kappa shape index (κ3) is 31.4. The highest BCUT2D eigenvalue weighted by atomic mass is 16.5. The lowest BCUT2D eigenvalue weighted by Crippen LogP contribution is -2.45. The first kappa shape index (κ1) is 41.1. The van der Waals surface area contributed by atoms with E-state index in [1.807, 2.05) is 6.08 Å². The number of aliphatic hydroxyl groups is 1. The molecule has 2 N–H and O–H groups in total. The number of hydrogen-bond donors (Lipinski definition) is 2. The van der Waals surface area contributed by atoms with Gasteiger partial charge in [0, 0.05) is 13.3 Å². The van der Waals surface area contributed by atoms with Gasteiger partial charge in [0.05, 0.1) is 12.1 Å². The molecule has 0 rings (SSSR count). The summed E-state index contributed by atoms with van der Waals surface area (Å²) in [5, 5.41) is 13.3. The number of hydrogen-bond acceptors (Lipinski definition) is 4. The van der Waals surface area contributed by atoms with Crippen LogP contribution in [0.15, 0.2) is 36.5 Å². The molecule has 0 unspecified atom stereocenters. The molecule has 0 aliphatic rings. The number of amides is 1. The van der Waals surface area contributed by atoms with Crippen LogP contribution in [0.5, 0.6) is 0 Å². The number of carbonyl (C=O) groups excluding carboxylic acids is 2. The van der Waals surface area contributed by atoms with Crippen molar-refractivity contribution in [2.24, 2.45) is 0 Å². The number of allylic oxidation sites excluding steroid dienone is 5. The van der Waals surface area contributed by atoms with Crippen LogP contribution in [0, 0.1) is 0 Å². The largest absolute Gasteiger partial charge is 0.463 e. The summed E-state index contributed by atoms with van der Waals surface area (Å²) in [6.45, 7) is 5.90. The van der Waals surface area contributed by atoms with Gasteiger partial charge >= 0.3 is 5.97 Å². The number of esters is 1. The molecule has 0 saturated heterocycles. The Labute approximate surface area is 266 Å². The Morgan fingerprint density at radius 3 is 1.60 bits per heavy atom. The van der Waals surface area contributed by atoms with Crippen LogP contribution < -0.4 is 5.32 Å². The summed E-state index contributed by atoms with van der Waals surface area (Å²) in [5.41, 5.74) is 0. The van der Waals surface area contributed by atoms with E-state index in [0.717, 1.165) is 44.9 Å². The molecule has 0 saturated carbocycles. The summed E-state index contributed by atoms with van der Waals surface area (Å²) in [4.78, 5) is 23.9. The van der Waals surface area contributed by atoms with Crippen LogP contribution in [-0.2, 0) is 14.3 Å². The Hall–Kier alpha value is -1.88. The first-order valence-electron chi connectivity index (χ1n) is 18.1. The quantitative estimate of drug-likeness (QED) is 0.0469. The summed E-state index contributed by atoms with van der Waals surface area (Å²) in [5.74, 6) is -0.509. The topological polar surface area (TPSA) is 75.6 Å². The minimum absolute atomic E-state index is 0.0113. The fraction of sp³-hybridized carbons (Fsp3) is 0.789. The zero-order valence-corrected chi connectivity index (χ0v) is 28.5. The minimum atomic E-state index is -0.875. The summed E-state index contributed by atoms with van der Waals surface area (Å²) in [7, 11) is 0. The number of carbonyl (C=O) groups is 2. The van der Waals surface area contributed by atoms with Gasteiger partial charge in [-0.3, -0.25) is 9.59 Å². The highest BCUT2D eigenvalue weighted by molar-refractivity contribution is 5.73. The van der Waals surface area contributed by atoms with E-state index in [-0.39, 0.29) is 18.5 Å². The average molecular weight is 604 g/mol. The molecule has 0 aromatic rings. The van der Waals surface area contributed by atoms with Crippen molar-refractivity contribution in [3.8, 4) is 0 Å². The molecule has 2 atom stereocenters. The molecule has 0 radical (unpaired) electrons. The first-order chi connectivity index (χ1) is 21.0. The molecule has 250 valence electrons. The smallest absolute Gasteiger partial charge is 0.305 e. The number of unbranched alkanes of at least 4 members (excludes halogenated alkanes) is 19. The molecule has 0 aromatic heterocycles. The summed E-state index contributed by atoms with van der Waals surface area (Å²) in [6, 6.07) is -0.625. The van der Waals surface area contributed by atoms with Crippen molar-refractivity contribution in [3.63, 3.8) is 0 Å². The van der Waals surface area contributed by atoms with Gasteiger partial charge in [-0.25, -0.2) is 0 Å². The number of ether oxygens (including phenoxy) is 1. The molecule has 0 fully saturated rings. The van der Waals surface area contributed by atoms with Crippen LogP contribution in [0.1, 0.15) is 175 Å². The zero-order chi connectivity index (χ0) is 31.6. The van der Waals surface area contributed by atoms with Gasteiger partial charge in [-0.15, -0.1) is 0 Å². The van der Waals surface area contributed by atoms with Crippen LogP contribution in [0.2, 0.25) is 0 Å². The predicted molar refractivity (Wildman–Crippen MR) is 184 cm³/mol. The molecule has 1 amide bonds. The second-order valence-corrected chi connectivity index (χ2v) is 12.2. The van der Waals surface area contributed by atoms with Gasteiger partial charge in [0.25, 0.3) is 0 Å². The summed E-state index contributed by atoms with van der Waals surface area (Å²) in [6.07, 6.45) is 40.2. The lowest BCUT2D eigenvalue weighted by atomic mass is 10.0. The van der Waals surface area contributed by atoms with Crippen molar-refractivity contribution >= 4 is 11.9 Å². The van der Waals surface area contributed by atoms with Gasteiger partial charge in [-0.2, -0.15) is 0 Å². The lowest BCUT2D eigenvalue weighted by Gasteiger charge is -2.21. The normalized spacial score (nSPS) is 13.3. The Kier molecular flexibility index (Phi) is 31.6. The number of nitrogens with one attached hydrogen (secondary N) is 1. The molecule has 43 heavy (non-hydrogen) atoms. The molecule has 5 heteroatoms. The van der Waals surface area contributed by atoms with Gasteiger partial charge in [-0.05, 0) is 51.4 Å². The standard InChI is InChI=1S/C38H69NO4/c1-4-6-8-10-12-14-16-18-19-21-23-25-27-29-31-33-38(42)43-34-36(39-35(3)40)37(41)32-30-28-26-24-22-20-17-15-13-11-9-7-5-2/h12,14,18-19,30,32,36-37,41H,4-11,13,15-17,20-29,31,33-34H2,1-3H3,(H,39,40)/b14-12-,19-18-,32-30+/t36-,37+/m0/s1. The number of rotatable bonds is 31. The Morgan fingerprint density at radius 1 is 0.628 bits per heavy atom. The van der Waals surface area contributed by atoms with Crippen molar-refractivity contribution < 1.29 is 19.4 Å². The molecular formula is C38H69NO4. The van der Waals surface area contributed by atoms with E-state index in [2.05, 4.69) is 43.5 Å². The van der Waals surface area contributed by atoms with Crippen LogP contribution in [0.4, 0.5) is 0 Å². The fourth-order valence-electron chi connectivity index (χ4n) is 5.12. The van der Waals surface area contributed by atoms with Gasteiger partial charge in [0.2, 0.25) is 5.91 Å². The van der Waals surface area contributed by atoms with Crippen LogP contribution in [0.25, 0.3) is 0 Å². The van der Waals surface area contributed by atoms with Crippen molar-refractivity contribution in [2.45, 2.75) is 187 Å². The fourth-order valence-corrected chi connectivity index (χ4v) is 5.12. The third-order valence-electron chi connectivity index (χ3n) is 7.86. The minimum Gasteiger partial charge on any atom is -0.463 e. The second kappa shape index (κ2) is 33.0. The van der Waals surface area contributed by atoms with E-state index >= 15 is 0 Å². The van der Waals surface area contributed by atoms with Gasteiger partial charge in [0.1, 0.15) is 6.61 Å².